The molecule has 0 spiro atoms. The highest BCUT2D eigenvalue weighted by Gasteiger charge is 2.41. The monoisotopic (exact) mass is 397 g/mol. The Morgan fingerprint density at radius 2 is 2.07 bits per heavy atom. The number of halogens is 1. The molecule has 1 aliphatic heterocycles. The molecule has 3 N–H and O–H groups in total. The predicted molar refractivity (Wildman–Crippen MR) is 101 cm³/mol. The van der Waals surface area contributed by atoms with E-state index in [-0.39, 0.29) is 22.8 Å². The van der Waals surface area contributed by atoms with E-state index in [1.165, 1.54) is 18.2 Å². The van der Waals surface area contributed by atoms with Crippen molar-refractivity contribution in [2.24, 2.45) is 11.7 Å². The fraction of sp³-hybridized carbons (Fsp3) is 0.632. The van der Waals surface area contributed by atoms with Crippen LogP contribution < -0.4 is 10.5 Å². The van der Waals surface area contributed by atoms with Gasteiger partial charge in [0.15, 0.2) is 0 Å². The van der Waals surface area contributed by atoms with Crippen molar-refractivity contribution in [1.29, 1.82) is 0 Å². The first-order chi connectivity index (χ1) is 12.7. The second-order valence-corrected chi connectivity index (χ2v) is 9.72. The summed E-state index contributed by atoms with van der Waals surface area (Å²) >= 11 is 0. The number of nitrogens with two attached hydrogens (primary N) is 1. The Bertz CT molecular complexity index is 797. The molecule has 1 amide bonds. The zero-order chi connectivity index (χ0) is 19.7. The third-order valence-electron chi connectivity index (χ3n) is 5.71. The summed E-state index contributed by atoms with van der Waals surface area (Å²) < 4.78 is 41.1. The van der Waals surface area contributed by atoms with Crippen molar-refractivity contribution >= 4 is 15.9 Å². The van der Waals surface area contributed by atoms with Gasteiger partial charge in [-0.25, -0.2) is 17.5 Å². The molecule has 1 heterocycles. The van der Waals surface area contributed by atoms with Gasteiger partial charge < -0.3 is 10.6 Å². The van der Waals surface area contributed by atoms with E-state index >= 15 is 0 Å². The van der Waals surface area contributed by atoms with E-state index in [0.29, 0.717) is 19.5 Å². The number of carbonyl (C=O) groups excluding carboxylic acids is 1. The lowest BCUT2D eigenvalue weighted by Crippen LogP contribution is -2.57. The van der Waals surface area contributed by atoms with E-state index in [9.17, 15) is 17.6 Å². The highest BCUT2D eigenvalue weighted by molar-refractivity contribution is 7.89. The minimum absolute atomic E-state index is 0.0225. The van der Waals surface area contributed by atoms with Crippen LogP contribution in [0.15, 0.2) is 29.2 Å². The van der Waals surface area contributed by atoms with E-state index in [0.717, 1.165) is 38.2 Å². The quantitative estimate of drug-likeness (QED) is 0.813. The Labute approximate surface area is 160 Å². The molecule has 1 aromatic carbocycles. The molecule has 3 unspecified atom stereocenters. The van der Waals surface area contributed by atoms with Gasteiger partial charge in [-0.1, -0.05) is 18.9 Å². The van der Waals surface area contributed by atoms with Gasteiger partial charge in [-0.2, -0.15) is 0 Å². The van der Waals surface area contributed by atoms with E-state index in [2.05, 4.69) is 4.72 Å². The summed E-state index contributed by atoms with van der Waals surface area (Å²) in [4.78, 5) is 14.6. The molecule has 1 saturated carbocycles. The van der Waals surface area contributed by atoms with Crippen molar-refractivity contribution < 1.29 is 17.6 Å². The molecule has 27 heavy (non-hydrogen) atoms. The minimum atomic E-state index is -3.83. The maximum Gasteiger partial charge on any atom is 0.240 e. The van der Waals surface area contributed by atoms with Crippen LogP contribution in [0.3, 0.4) is 0 Å². The van der Waals surface area contributed by atoms with E-state index in [4.69, 9.17) is 5.73 Å². The van der Waals surface area contributed by atoms with Crippen LogP contribution in [0.4, 0.5) is 4.39 Å². The van der Waals surface area contributed by atoms with Gasteiger partial charge in [0.2, 0.25) is 15.9 Å². The van der Waals surface area contributed by atoms with Crippen LogP contribution in [0, 0.1) is 11.7 Å². The van der Waals surface area contributed by atoms with Gasteiger partial charge in [0.25, 0.3) is 0 Å². The van der Waals surface area contributed by atoms with Crippen LogP contribution in [-0.4, -0.2) is 43.9 Å². The van der Waals surface area contributed by atoms with Crippen molar-refractivity contribution in [1.82, 2.24) is 9.62 Å². The molecule has 6 nitrogen and oxygen atoms in total. The van der Waals surface area contributed by atoms with E-state index < -0.39 is 21.4 Å². The van der Waals surface area contributed by atoms with Crippen LogP contribution in [0.1, 0.15) is 45.4 Å². The maximum atomic E-state index is 13.4. The third-order valence-corrected chi connectivity index (χ3v) is 7.23. The van der Waals surface area contributed by atoms with Crippen molar-refractivity contribution in [2.75, 3.05) is 13.1 Å². The van der Waals surface area contributed by atoms with Crippen LogP contribution in [0.5, 0.6) is 0 Å². The van der Waals surface area contributed by atoms with Crippen LogP contribution in [0.2, 0.25) is 0 Å². The first kappa shape index (κ1) is 20.2. The summed E-state index contributed by atoms with van der Waals surface area (Å²) in [5.74, 6) is -0.794. The number of piperidine rings is 1. The third kappa shape index (κ3) is 4.67. The number of carbonyl (C=O) groups is 1. The molecule has 150 valence electrons. The number of rotatable bonds is 4. The Kier molecular flexibility index (Phi) is 5.88. The molecule has 0 aromatic heterocycles. The number of hydrogen-bond donors (Lipinski definition) is 2. The molecule has 3 rings (SSSR count). The molecule has 1 saturated heterocycles. The molecule has 2 aliphatic rings. The lowest BCUT2D eigenvalue weighted by Gasteiger charge is -2.42. The number of benzene rings is 1. The van der Waals surface area contributed by atoms with Crippen molar-refractivity contribution in [3.8, 4) is 0 Å². The van der Waals surface area contributed by atoms with E-state index in [1.807, 2.05) is 6.92 Å². The summed E-state index contributed by atoms with van der Waals surface area (Å²) in [5, 5.41) is 0. The van der Waals surface area contributed by atoms with Crippen molar-refractivity contribution in [3.05, 3.63) is 30.1 Å². The maximum absolute atomic E-state index is 13.4. The second kappa shape index (κ2) is 7.85. The predicted octanol–water partition coefficient (Wildman–Crippen LogP) is 2.00. The highest BCUT2D eigenvalue weighted by Crippen LogP contribution is 2.33. The molecule has 3 atom stereocenters. The topological polar surface area (TPSA) is 92.5 Å². The lowest BCUT2D eigenvalue weighted by atomic mass is 9.74. The van der Waals surface area contributed by atoms with Gasteiger partial charge in [-0.3, -0.25) is 4.79 Å². The highest BCUT2D eigenvalue weighted by atomic mass is 32.2. The van der Waals surface area contributed by atoms with E-state index in [1.54, 1.807) is 4.90 Å². The molecule has 8 heteroatoms. The average molecular weight is 398 g/mol. The Morgan fingerprint density at radius 1 is 1.30 bits per heavy atom. The number of nitrogens with one attached hydrogen (secondary N) is 1. The molecule has 0 radical (unpaired) electrons. The molecule has 2 fully saturated rings. The summed E-state index contributed by atoms with van der Waals surface area (Å²) in [6.07, 6.45) is 4.99. The number of likely N-dealkylation sites (tertiary alicyclic amines) is 1. The number of hydrogen-bond acceptors (Lipinski definition) is 4. The van der Waals surface area contributed by atoms with Gasteiger partial charge in [-0.15, -0.1) is 0 Å². The fourth-order valence-electron chi connectivity index (χ4n) is 4.18. The molecular formula is C19H28FN3O3S. The summed E-state index contributed by atoms with van der Waals surface area (Å²) in [6.45, 7) is 2.87. The standard InChI is InChI=1S/C19H28FN3O3S/c1-19(21)10-3-2-9-17(19)18(24)23-11-5-7-15(13-23)22-27(25,26)16-8-4-6-14(20)12-16/h4,6,8,12,15,17,22H,2-3,5,7,9-11,13,21H2,1H3. The van der Waals surface area contributed by atoms with Crippen molar-refractivity contribution in [2.45, 2.75) is 61.9 Å². The smallest absolute Gasteiger partial charge is 0.240 e. The molecule has 0 bridgehead atoms. The Balaban J connectivity index is 1.68. The van der Waals surface area contributed by atoms with Crippen LogP contribution in [-0.2, 0) is 14.8 Å². The molecule has 1 aliphatic carbocycles. The number of amides is 1. The molecular weight excluding hydrogens is 369 g/mol. The number of nitrogens with zero attached hydrogens (tertiary/aromatic N) is 1. The van der Waals surface area contributed by atoms with Gasteiger partial charge in [0.05, 0.1) is 10.8 Å². The van der Waals surface area contributed by atoms with Gasteiger partial charge in [-0.05, 0) is 50.8 Å². The normalized spacial score (nSPS) is 29.5. The minimum Gasteiger partial charge on any atom is -0.341 e. The zero-order valence-electron chi connectivity index (χ0n) is 15.7. The number of sulfonamides is 1. The van der Waals surface area contributed by atoms with Gasteiger partial charge >= 0.3 is 0 Å². The SMILES string of the molecule is CC1(N)CCCCC1C(=O)N1CCCC(NS(=O)(=O)c2cccc(F)c2)C1. The summed E-state index contributed by atoms with van der Waals surface area (Å²) in [6, 6.07) is 4.54. The zero-order valence-corrected chi connectivity index (χ0v) is 16.5. The lowest BCUT2D eigenvalue weighted by molar-refractivity contribution is -0.140. The fourth-order valence-corrected chi connectivity index (χ4v) is 5.47. The molecule has 1 aromatic rings. The average Bonchev–Trinajstić information content (AvgIpc) is 2.61. The first-order valence-corrected chi connectivity index (χ1v) is 11.0. The van der Waals surface area contributed by atoms with Crippen molar-refractivity contribution in [3.63, 3.8) is 0 Å². The Morgan fingerprint density at radius 3 is 2.78 bits per heavy atom. The second-order valence-electron chi connectivity index (χ2n) is 8.01. The van der Waals surface area contributed by atoms with Gasteiger partial charge in [0, 0.05) is 24.7 Å². The summed E-state index contributed by atoms with van der Waals surface area (Å²) in [5.41, 5.74) is 5.85. The van der Waals surface area contributed by atoms with Crippen LogP contribution in [0.25, 0.3) is 0 Å². The largest absolute Gasteiger partial charge is 0.341 e. The summed E-state index contributed by atoms with van der Waals surface area (Å²) in [7, 11) is -3.83. The first-order valence-electron chi connectivity index (χ1n) is 9.55. The Hall–Kier alpha value is -1.51. The van der Waals surface area contributed by atoms with Crippen LogP contribution >= 0.6 is 0 Å². The van der Waals surface area contributed by atoms with Gasteiger partial charge in [0.1, 0.15) is 5.82 Å².